The van der Waals surface area contributed by atoms with Gasteiger partial charge in [0.15, 0.2) is 0 Å². The molecule has 37 heavy (non-hydrogen) atoms. The third-order valence-electron chi connectivity index (χ3n) is 6.46. The fourth-order valence-electron chi connectivity index (χ4n) is 4.41. The lowest BCUT2D eigenvalue weighted by molar-refractivity contribution is 0.102. The van der Waals surface area contributed by atoms with Crippen LogP contribution in [0.2, 0.25) is 0 Å². The molecule has 3 N–H and O–H groups in total. The average molecular weight is 496 g/mol. The summed E-state index contributed by atoms with van der Waals surface area (Å²) >= 11 is 0. The zero-order chi connectivity index (χ0) is 25.6. The third-order valence-corrected chi connectivity index (χ3v) is 6.46. The second-order valence-electron chi connectivity index (χ2n) is 9.16. The highest BCUT2D eigenvalue weighted by atomic mass is 16.3. The maximum absolute atomic E-state index is 13.1. The first-order valence-electron chi connectivity index (χ1n) is 12.3. The van der Waals surface area contributed by atoms with Crippen LogP contribution in [0, 0.1) is 12.8 Å². The molecule has 3 aromatic heterocycles. The average Bonchev–Trinajstić information content (AvgIpc) is 2.95. The Morgan fingerprint density at radius 1 is 1.11 bits per heavy atom. The summed E-state index contributed by atoms with van der Waals surface area (Å²) in [6, 6.07) is 14.8. The molecule has 5 rings (SSSR count). The largest absolute Gasteiger partial charge is 0.396 e. The van der Waals surface area contributed by atoms with Crippen molar-refractivity contribution in [1.29, 1.82) is 0 Å². The van der Waals surface area contributed by atoms with Gasteiger partial charge in [-0.25, -0.2) is 15.0 Å². The second kappa shape index (κ2) is 11.1. The van der Waals surface area contributed by atoms with Crippen LogP contribution in [0.4, 0.5) is 23.1 Å². The minimum Gasteiger partial charge on any atom is -0.396 e. The molecule has 0 spiro atoms. The maximum atomic E-state index is 13.1. The smallest absolute Gasteiger partial charge is 0.255 e. The van der Waals surface area contributed by atoms with E-state index < -0.39 is 0 Å². The van der Waals surface area contributed by atoms with Crippen LogP contribution in [-0.4, -0.2) is 50.6 Å². The van der Waals surface area contributed by atoms with E-state index in [1.54, 1.807) is 36.9 Å². The van der Waals surface area contributed by atoms with Gasteiger partial charge < -0.3 is 20.6 Å². The lowest BCUT2D eigenvalue weighted by atomic mass is 9.99. The minimum atomic E-state index is -0.219. The molecule has 0 saturated carbocycles. The fourth-order valence-corrected chi connectivity index (χ4v) is 4.41. The Labute approximate surface area is 215 Å². The van der Waals surface area contributed by atoms with Crippen LogP contribution in [0.5, 0.6) is 0 Å². The highest BCUT2D eigenvalue weighted by Gasteiger charge is 2.21. The summed E-state index contributed by atoms with van der Waals surface area (Å²) in [5.41, 5.74) is 4.62. The molecular formula is C28H29N7O2. The number of aromatic nitrogens is 4. The quantitative estimate of drug-likeness (QED) is 0.344. The number of aliphatic hydroxyl groups excluding tert-OH is 1. The lowest BCUT2D eigenvalue weighted by Gasteiger charge is -2.32. The highest BCUT2D eigenvalue weighted by Crippen LogP contribution is 2.26. The van der Waals surface area contributed by atoms with Gasteiger partial charge in [-0.2, -0.15) is 0 Å². The molecule has 4 heterocycles. The molecule has 0 bridgehead atoms. The number of aryl methyl sites for hydroxylation is 1. The Morgan fingerprint density at radius 3 is 2.84 bits per heavy atom. The maximum Gasteiger partial charge on any atom is 0.255 e. The number of hydrogen-bond donors (Lipinski definition) is 3. The summed E-state index contributed by atoms with van der Waals surface area (Å²) in [7, 11) is 0. The molecule has 1 amide bonds. The summed E-state index contributed by atoms with van der Waals surface area (Å²) in [6.07, 6.45) is 8.84. The van der Waals surface area contributed by atoms with E-state index in [2.05, 4.69) is 35.5 Å². The number of benzene rings is 1. The summed E-state index contributed by atoms with van der Waals surface area (Å²) in [5, 5.41) is 15.8. The Morgan fingerprint density at radius 2 is 2.00 bits per heavy atom. The fraction of sp³-hybridized carbons (Fsp3) is 0.250. The van der Waals surface area contributed by atoms with Crippen LogP contribution in [0.15, 0.2) is 73.3 Å². The number of carbonyl (C=O) groups is 1. The first kappa shape index (κ1) is 24.3. The second-order valence-corrected chi connectivity index (χ2v) is 9.16. The van der Waals surface area contributed by atoms with Crippen molar-refractivity contribution >= 4 is 29.0 Å². The number of hydrogen-bond acceptors (Lipinski definition) is 8. The van der Waals surface area contributed by atoms with E-state index in [1.165, 1.54) is 0 Å². The number of piperidine rings is 1. The molecule has 1 atom stereocenters. The molecule has 1 aliphatic heterocycles. The molecule has 1 fully saturated rings. The van der Waals surface area contributed by atoms with Crippen molar-refractivity contribution in [3.05, 3.63) is 84.4 Å². The Balaban J connectivity index is 1.30. The Bertz CT molecular complexity index is 1380. The number of anilines is 4. The van der Waals surface area contributed by atoms with Gasteiger partial charge in [-0.15, -0.1) is 0 Å². The molecule has 0 radical (unpaired) electrons. The summed E-state index contributed by atoms with van der Waals surface area (Å²) < 4.78 is 0. The number of nitrogens with one attached hydrogen (secondary N) is 2. The number of carbonyl (C=O) groups excluding carboxylic acids is 1. The predicted molar refractivity (Wildman–Crippen MR) is 144 cm³/mol. The molecule has 1 saturated heterocycles. The van der Waals surface area contributed by atoms with Crippen molar-refractivity contribution in [2.75, 3.05) is 35.2 Å². The van der Waals surface area contributed by atoms with Gasteiger partial charge in [-0.1, -0.05) is 6.07 Å². The van der Waals surface area contributed by atoms with Crippen molar-refractivity contribution < 1.29 is 9.90 Å². The zero-order valence-corrected chi connectivity index (χ0v) is 20.6. The Kier molecular flexibility index (Phi) is 7.32. The van der Waals surface area contributed by atoms with Crippen molar-refractivity contribution in [3.63, 3.8) is 0 Å². The van der Waals surface area contributed by atoms with E-state index in [4.69, 9.17) is 0 Å². The first-order chi connectivity index (χ1) is 18.1. The normalized spacial score (nSPS) is 15.3. The third kappa shape index (κ3) is 5.90. The van der Waals surface area contributed by atoms with Gasteiger partial charge >= 0.3 is 0 Å². The van der Waals surface area contributed by atoms with Gasteiger partial charge in [-0.3, -0.25) is 9.78 Å². The van der Waals surface area contributed by atoms with E-state index in [-0.39, 0.29) is 18.4 Å². The molecule has 9 heteroatoms. The molecular weight excluding hydrogens is 466 g/mol. The molecule has 1 unspecified atom stereocenters. The summed E-state index contributed by atoms with van der Waals surface area (Å²) in [4.78, 5) is 32.8. The van der Waals surface area contributed by atoms with Crippen molar-refractivity contribution in [1.82, 2.24) is 19.9 Å². The van der Waals surface area contributed by atoms with Gasteiger partial charge in [0, 0.05) is 67.0 Å². The zero-order valence-electron chi connectivity index (χ0n) is 20.6. The topological polar surface area (TPSA) is 116 Å². The minimum absolute atomic E-state index is 0.166. The number of nitrogens with zero attached hydrogens (tertiary/aromatic N) is 5. The molecule has 9 nitrogen and oxygen atoms in total. The van der Waals surface area contributed by atoms with Gasteiger partial charge in [-0.05, 0) is 73.7 Å². The van der Waals surface area contributed by atoms with Gasteiger partial charge in [0.2, 0.25) is 5.95 Å². The van der Waals surface area contributed by atoms with Crippen LogP contribution < -0.4 is 15.5 Å². The highest BCUT2D eigenvalue weighted by molar-refractivity contribution is 6.05. The number of pyridine rings is 2. The SMILES string of the molecule is Cc1ccc(NC(=O)c2ccnc(N3CCCC(CO)C3)c2)cc1Nc1nccc(-c2cccnc2)n1. The van der Waals surface area contributed by atoms with E-state index >= 15 is 0 Å². The number of amides is 1. The van der Waals surface area contributed by atoms with E-state index in [1.807, 2.05) is 43.3 Å². The van der Waals surface area contributed by atoms with E-state index in [0.29, 0.717) is 17.2 Å². The predicted octanol–water partition coefficient (Wildman–Crippen LogP) is 4.45. The molecule has 1 aliphatic rings. The van der Waals surface area contributed by atoms with Crippen molar-refractivity contribution in [3.8, 4) is 11.3 Å². The van der Waals surface area contributed by atoms with Crippen LogP contribution in [0.1, 0.15) is 28.8 Å². The van der Waals surface area contributed by atoms with Crippen LogP contribution in [0.3, 0.4) is 0 Å². The van der Waals surface area contributed by atoms with Crippen molar-refractivity contribution in [2.24, 2.45) is 5.92 Å². The summed E-state index contributed by atoms with van der Waals surface area (Å²) in [5.74, 6) is 1.22. The number of rotatable bonds is 7. The van der Waals surface area contributed by atoms with Gasteiger partial charge in [0.1, 0.15) is 5.82 Å². The standard InChI is InChI=1S/C28H29N7O2/c1-19-6-7-23(15-25(19)34-28-31-12-9-24(33-28)22-5-2-10-29-16-22)32-27(37)21-8-11-30-26(14-21)35-13-3-4-20(17-35)18-36/h2,5-12,14-16,20,36H,3-4,13,17-18H2,1H3,(H,32,37)(H,31,33,34). The van der Waals surface area contributed by atoms with Crippen LogP contribution >= 0.6 is 0 Å². The molecule has 0 aliphatic carbocycles. The van der Waals surface area contributed by atoms with Gasteiger partial charge in [0.25, 0.3) is 5.91 Å². The monoisotopic (exact) mass is 495 g/mol. The van der Waals surface area contributed by atoms with Crippen LogP contribution in [-0.2, 0) is 0 Å². The number of aliphatic hydroxyl groups is 1. The molecule has 188 valence electrons. The van der Waals surface area contributed by atoms with E-state index in [9.17, 15) is 9.90 Å². The molecule has 1 aromatic carbocycles. The van der Waals surface area contributed by atoms with Crippen LogP contribution in [0.25, 0.3) is 11.3 Å². The first-order valence-corrected chi connectivity index (χ1v) is 12.3. The lowest BCUT2D eigenvalue weighted by Crippen LogP contribution is -2.37. The van der Waals surface area contributed by atoms with E-state index in [0.717, 1.165) is 54.3 Å². The Hall–Kier alpha value is -4.37. The van der Waals surface area contributed by atoms with Gasteiger partial charge in [0.05, 0.1) is 5.69 Å². The van der Waals surface area contributed by atoms with Crippen molar-refractivity contribution in [2.45, 2.75) is 19.8 Å². The summed E-state index contributed by atoms with van der Waals surface area (Å²) in [6.45, 7) is 3.75. The molecule has 4 aromatic rings.